The lowest BCUT2D eigenvalue weighted by Gasteiger charge is -2.11. The number of rotatable bonds is 8. The van der Waals surface area contributed by atoms with Gasteiger partial charge in [0.1, 0.15) is 0 Å². The van der Waals surface area contributed by atoms with Gasteiger partial charge in [-0.3, -0.25) is 4.98 Å². The van der Waals surface area contributed by atoms with Crippen LogP contribution >= 0.6 is 0 Å². The maximum absolute atomic E-state index is 4.27. The molecule has 0 aliphatic heterocycles. The highest BCUT2D eigenvalue weighted by Crippen LogP contribution is 2.28. The van der Waals surface area contributed by atoms with Crippen LogP contribution in [0, 0.1) is 5.92 Å². The highest BCUT2D eigenvalue weighted by molar-refractivity contribution is 5.53. The second kappa shape index (κ2) is 8.03. The summed E-state index contributed by atoms with van der Waals surface area (Å²) in [5, 5.41) is 6.85. The lowest BCUT2D eigenvalue weighted by atomic mass is 10.0. The zero-order chi connectivity index (χ0) is 13.3. The third kappa shape index (κ3) is 5.09. The SMILES string of the molecule is CCCNc1cncc(NCCCC2CCCC2)c1. The normalized spacial score (nSPS) is 15.6. The fraction of sp³-hybridized carbons (Fsp3) is 0.688. The highest BCUT2D eigenvalue weighted by Gasteiger charge is 2.13. The summed E-state index contributed by atoms with van der Waals surface area (Å²) in [6.07, 6.45) is 13.4. The number of aromatic nitrogens is 1. The first-order chi connectivity index (χ1) is 9.38. The Hall–Kier alpha value is -1.25. The van der Waals surface area contributed by atoms with Gasteiger partial charge in [0.15, 0.2) is 0 Å². The molecule has 0 aromatic carbocycles. The molecule has 0 spiro atoms. The fourth-order valence-electron chi connectivity index (χ4n) is 2.83. The molecular weight excluding hydrogens is 234 g/mol. The summed E-state index contributed by atoms with van der Waals surface area (Å²) in [6.45, 7) is 4.24. The van der Waals surface area contributed by atoms with Crippen molar-refractivity contribution in [3.05, 3.63) is 18.5 Å². The Labute approximate surface area is 117 Å². The van der Waals surface area contributed by atoms with Gasteiger partial charge in [0.05, 0.1) is 23.8 Å². The maximum Gasteiger partial charge on any atom is 0.0547 e. The Morgan fingerprint density at radius 1 is 1.11 bits per heavy atom. The first-order valence-electron chi connectivity index (χ1n) is 7.81. The molecule has 1 heterocycles. The van der Waals surface area contributed by atoms with E-state index < -0.39 is 0 Å². The highest BCUT2D eigenvalue weighted by atomic mass is 14.9. The van der Waals surface area contributed by atoms with Gasteiger partial charge < -0.3 is 10.6 Å². The quantitative estimate of drug-likeness (QED) is 0.686. The van der Waals surface area contributed by atoms with E-state index >= 15 is 0 Å². The Morgan fingerprint density at radius 3 is 2.47 bits per heavy atom. The van der Waals surface area contributed by atoms with Crippen molar-refractivity contribution in [3.63, 3.8) is 0 Å². The van der Waals surface area contributed by atoms with Crippen LogP contribution in [-0.2, 0) is 0 Å². The molecule has 19 heavy (non-hydrogen) atoms. The van der Waals surface area contributed by atoms with Crippen molar-refractivity contribution < 1.29 is 0 Å². The van der Waals surface area contributed by atoms with Crippen LogP contribution in [0.2, 0.25) is 0 Å². The minimum absolute atomic E-state index is 0.998. The number of nitrogens with zero attached hydrogens (tertiary/aromatic N) is 1. The van der Waals surface area contributed by atoms with Crippen LogP contribution in [0.4, 0.5) is 11.4 Å². The summed E-state index contributed by atoms with van der Waals surface area (Å²) in [5.74, 6) is 0.998. The number of anilines is 2. The van der Waals surface area contributed by atoms with E-state index in [4.69, 9.17) is 0 Å². The largest absolute Gasteiger partial charge is 0.384 e. The molecule has 0 atom stereocenters. The molecule has 2 rings (SSSR count). The van der Waals surface area contributed by atoms with Gasteiger partial charge in [-0.25, -0.2) is 0 Å². The van der Waals surface area contributed by atoms with Gasteiger partial charge >= 0.3 is 0 Å². The van der Waals surface area contributed by atoms with Gasteiger partial charge in [-0.05, 0) is 31.2 Å². The minimum Gasteiger partial charge on any atom is -0.384 e. The Morgan fingerprint density at radius 2 is 1.79 bits per heavy atom. The third-order valence-electron chi connectivity index (χ3n) is 3.91. The molecule has 0 saturated heterocycles. The summed E-state index contributed by atoms with van der Waals surface area (Å²) in [6, 6.07) is 2.15. The van der Waals surface area contributed by atoms with E-state index in [1.165, 1.54) is 38.5 Å². The van der Waals surface area contributed by atoms with Crippen LogP contribution in [0.15, 0.2) is 18.5 Å². The van der Waals surface area contributed by atoms with Crippen LogP contribution in [0.25, 0.3) is 0 Å². The molecule has 1 aliphatic carbocycles. The van der Waals surface area contributed by atoms with Gasteiger partial charge in [0.2, 0.25) is 0 Å². The van der Waals surface area contributed by atoms with Crippen molar-refractivity contribution in [3.8, 4) is 0 Å². The van der Waals surface area contributed by atoms with Crippen LogP contribution in [0.1, 0.15) is 51.9 Å². The van der Waals surface area contributed by atoms with E-state index in [0.717, 1.165) is 36.8 Å². The summed E-state index contributed by atoms with van der Waals surface area (Å²) < 4.78 is 0. The second-order valence-corrected chi connectivity index (χ2v) is 5.61. The molecule has 0 radical (unpaired) electrons. The van der Waals surface area contributed by atoms with Crippen LogP contribution in [-0.4, -0.2) is 18.1 Å². The first-order valence-corrected chi connectivity index (χ1v) is 7.81. The smallest absolute Gasteiger partial charge is 0.0547 e. The molecule has 2 N–H and O–H groups in total. The van der Waals surface area contributed by atoms with Crippen molar-refractivity contribution in [2.75, 3.05) is 23.7 Å². The van der Waals surface area contributed by atoms with Crippen molar-refractivity contribution in [2.24, 2.45) is 5.92 Å². The predicted octanol–water partition coefficient (Wildman–Crippen LogP) is 4.29. The van der Waals surface area contributed by atoms with Gasteiger partial charge in [0, 0.05) is 13.1 Å². The third-order valence-corrected chi connectivity index (χ3v) is 3.91. The molecule has 1 fully saturated rings. The fourth-order valence-corrected chi connectivity index (χ4v) is 2.83. The Bertz CT molecular complexity index is 359. The van der Waals surface area contributed by atoms with Gasteiger partial charge in [-0.2, -0.15) is 0 Å². The van der Waals surface area contributed by atoms with Crippen molar-refractivity contribution in [1.29, 1.82) is 0 Å². The van der Waals surface area contributed by atoms with E-state index in [9.17, 15) is 0 Å². The van der Waals surface area contributed by atoms with Crippen LogP contribution < -0.4 is 10.6 Å². The molecule has 106 valence electrons. The van der Waals surface area contributed by atoms with E-state index in [0.29, 0.717) is 0 Å². The average Bonchev–Trinajstić information content (AvgIpc) is 2.95. The maximum atomic E-state index is 4.27. The van der Waals surface area contributed by atoms with Crippen molar-refractivity contribution in [1.82, 2.24) is 4.98 Å². The van der Waals surface area contributed by atoms with Crippen LogP contribution in [0.3, 0.4) is 0 Å². The van der Waals surface area contributed by atoms with E-state index in [-0.39, 0.29) is 0 Å². The molecule has 1 aliphatic rings. The molecule has 1 aromatic rings. The zero-order valence-electron chi connectivity index (χ0n) is 12.1. The molecule has 1 aromatic heterocycles. The molecule has 3 nitrogen and oxygen atoms in total. The van der Waals surface area contributed by atoms with Crippen molar-refractivity contribution >= 4 is 11.4 Å². The van der Waals surface area contributed by atoms with Gasteiger partial charge in [0.25, 0.3) is 0 Å². The standard InChI is InChI=1S/C16H27N3/c1-2-9-18-15-11-16(13-17-12-15)19-10-5-8-14-6-3-4-7-14/h11-14,18-19H,2-10H2,1H3. The van der Waals surface area contributed by atoms with Gasteiger partial charge in [-0.1, -0.05) is 32.6 Å². The van der Waals surface area contributed by atoms with Crippen LogP contribution in [0.5, 0.6) is 0 Å². The Balaban J connectivity index is 1.66. The monoisotopic (exact) mass is 261 g/mol. The van der Waals surface area contributed by atoms with E-state index in [2.05, 4.69) is 28.6 Å². The zero-order valence-corrected chi connectivity index (χ0v) is 12.1. The number of hydrogen-bond donors (Lipinski definition) is 2. The number of nitrogens with one attached hydrogen (secondary N) is 2. The lowest BCUT2D eigenvalue weighted by molar-refractivity contribution is 0.491. The van der Waals surface area contributed by atoms with E-state index in [1.807, 2.05) is 12.4 Å². The lowest BCUT2D eigenvalue weighted by Crippen LogP contribution is -2.06. The number of hydrogen-bond acceptors (Lipinski definition) is 3. The van der Waals surface area contributed by atoms with Gasteiger partial charge in [-0.15, -0.1) is 0 Å². The molecule has 0 amide bonds. The topological polar surface area (TPSA) is 37.0 Å². The second-order valence-electron chi connectivity index (χ2n) is 5.61. The molecular formula is C16H27N3. The summed E-state index contributed by atoms with van der Waals surface area (Å²) in [4.78, 5) is 4.27. The molecule has 0 bridgehead atoms. The average molecular weight is 261 g/mol. The summed E-state index contributed by atoms with van der Waals surface area (Å²) in [7, 11) is 0. The summed E-state index contributed by atoms with van der Waals surface area (Å²) >= 11 is 0. The first kappa shape index (κ1) is 14.2. The minimum atomic E-state index is 0.998. The molecule has 3 heteroatoms. The Kier molecular flexibility index (Phi) is 5.99. The van der Waals surface area contributed by atoms with Crippen molar-refractivity contribution in [2.45, 2.75) is 51.9 Å². The summed E-state index contributed by atoms with van der Waals surface area (Å²) in [5.41, 5.74) is 2.25. The predicted molar refractivity (Wildman–Crippen MR) is 82.7 cm³/mol. The van der Waals surface area contributed by atoms with E-state index in [1.54, 1.807) is 0 Å². The molecule has 0 unspecified atom stereocenters. The molecule has 1 saturated carbocycles. The number of pyridine rings is 1.